The molecule has 26 heavy (non-hydrogen) atoms. The largest absolute Gasteiger partial charge is 0.367 e. The summed E-state index contributed by atoms with van der Waals surface area (Å²) in [6.07, 6.45) is 7.11. The van der Waals surface area contributed by atoms with Crippen molar-refractivity contribution in [2.24, 2.45) is 7.05 Å². The van der Waals surface area contributed by atoms with E-state index < -0.39 is 0 Å². The first-order valence-corrected chi connectivity index (χ1v) is 8.75. The van der Waals surface area contributed by atoms with Gasteiger partial charge in [0.25, 0.3) is 0 Å². The third kappa shape index (κ3) is 3.12. The monoisotopic (exact) mass is 353 g/mol. The van der Waals surface area contributed by atoms with Crippen molar-refractivity contribution < 1.29 is 0 Å². The molecule has 0 unspecified atom stereocenters. The van der Waals surface area contributed by atoms with Gasteiger partial charge in [0.15, 0.2) is 5.65 Å². The van der Waals surface area contributed by atoms with Crippen molar-refractivity contribution in [3.8, 4) is 0 Å². The van der Waals surface area contributed by atoms with Crippen LogP contribution in [0.15, 0.2) is 24.9 Å². The SMILES string of the molecule is CN(C)c1cc(NC2CCN(c3ncnc4c3cnn4C)CC2)ncn1. The molecule has 0 bridgehead atoms. The summed E-state index contributed by atoms with van der Waals surface area (Å²) < 4.78 is 1.78. The minimum Gasteiger partial charge on any atom is -0.367 e. The van der Waals surface area contributed by atoms with Gasteiger partial charge in [-0.1, -0.05) is 0 Å². The van der Waals surface area contributed by atoms with E-state index >= 15 is 0 Å². The highest BCUT2D eigenvalue weighted by Gasteiger charge is 2.22. The van der Waals surface area contributed by atoms with Gasteiger partial charge in [-0.3, -0.25) is 4.68 Å². The zero-order valence-electron chi connectivity index (χ0n) is 15.3. The van der Waals surface area contributed by atoms with Gasteiger partial charge in [-0.05, 0) is 12.8 Å². The van der Waals surface area contributed by atoms with Crippen molar-refractivity contribution in [2.75, 3.05) is 42.3 Å². The fourth-order valence-electron chi connectivity index (χ4n) is 3.32. The maximum atomic E-state index is 4.50. The standard InChI is InChI=1S/C17H23N9/c1-24(2)15-8-14(18-10-19-15)23-12-4-6-26(7-5-12)17-13-9-22-25(3)16(13)20-11-21-17/h8-12H,4-7H2,1-3H3,(H,18,19,23). The number of aryl methyl sites for hydroxylation is 1. The Morgan fingerprint density at radius 2 is 1.85 bits per heavy atom. The van der Waals surface area contributed by atoms with Crippen molar-refractivity contribution in [1.82, 2.24) is 29.7 Å². The average molecular weight is 353 g/mol. The summed E-state index contributed by atoms with van der Waals surface area (Å²) in [6, 6.07) is 2.37. The van der Waals surface area contributed by atoms with E-state index in [0.29, 0.717) is 6.04 Å². The van der Waals surface area contributed by atoms with Crippen molar-refractivity contribution in [2.45, 2.75) is 18.9 Å². The molecule has 1 N–H and O–H groups in total. The Labute approximate surface area is 152 Å². The van der Waals surface area contributed by atoms with Gasteiger partial charge < -0.3 is 15.1 Å². The minimum atomic E-state index is 0.391. The maximum Gasteiger partial charge on any atom is 0.163 e. The summed E-state index contributed by atoms with van der Waals surface area (Å²) in [5, 5.41) is 8.84. The normalized spacial score (nSPS) is 15.4. The topological polar surface area (TPSA) is 87.9 Å². The lowest BCUT2D eigenvalue weighted by Gasteiger charge is -2.33. The van der Waals surface area contributed by atoms with Gasteiger partial charge in [0.2, 0.25) is 0 Å². The molecular formula is C17H23N9. The molecule has 1 saturated heterocycles. The molecular weight excluding hydrogens is 330 g/mol. The van der Waals surface area contributed by atoms with Crippen LogP contribution >= 0.6 is 0 Å². The first-order valence-electron chi connectivity index (χ1n) is 8.75. The van der Waals surface area contributed by atoms with Gasteiger partial charge in [0.1, 0.15) is 30.1 Å². The Bertz CT molecular complexity index is 896. The molecule has 136 valence electrons. The molecule has 0 aliphatic carbocycles. The van der Waals surface area contributed by atoms with Crippen LogP contribution in [-0.4, -0.2) is 62.9 Å². The van der Waals surface area contributed by atoms with Crippen molar-refractivity contribution >= 4 is 28.5 Å². The molecule has 3 aromatic rings. The van der Waals surface area contributed by atoms with Crippen LogP contribution in [0, 0.1) is 0 Å². The first-order chi connectivity index (χ1) is 12.6. The average Bonchev–Trinajstić information content (AvgIpc) is 3.04. The van der Waals surface area contributed by atoms with Gasteiger partial charge in [0, 0.05) is 46.3 Å². The molecule has 0 aromatic carbocycles. The Morgan fingerprint density at radius 1 is 1.08 bits per heavy atom. The molecule has 1 aliphatic rings. The van der Waals surface area contributed by atoms with Crippen LogP contribution in [0.25, 0.3) is 11.0 Å². The number of piperidine rings is 1. The van der Waals surface area contributed by atoms with Gasteiger partial charge in [-0.25, -0.2) is 19.9 Å². The molecule has 0 spiro atoms. The summed E-state index contributed by atoms with van der Waals surface area (Å²) >= 11 is 0. The number of rotatable bonds is 4. The number of anilines is 3. The number of nitrogens with zero attached hydrogens (tertiary/aromatic N) is 8. The van der Waals surface area contributed by atoms with Crippen LogP contribution in [0.2, 0.25) is 0 Å². The van der Waals surface area contributed by atoms with Crippen LogP contribution in [-0.2, 0) is 7.05 Å². The van der Waals surface area contributed by atoms with Crippen LogP contribution in [0.5, 0.6) is 0 Å². The van der Waals surface area contributed by atoms with Crippen LogP contribution in [0.1, 0.15) is 12.8 Å². The van der Waals surface area contributed by atoms with Gasteiger partial charge in [-0.2, -0.15) is 5.10 Å². The second kappa shape index (κ2) is 6.74. The summed E-state index contributed by atoms with van der Waals surface area (Å²) in [6.45, 7) is 1.87. The molecule has 9 nitrogen and oxygen atoms in total. The zero-order chi connectivity index (χ0) is 18.1. The summed E-state index contributed by atoms with van der Waals surface area (Å²) in [7, 11) is 5.86. The van der Waals surface area contributed by atoms with Crippen LogP contribution in [0.4, 0.5) is 17.5 Å². The Morgan fingerprint density at radius 3 is 2.62 bits per heavy atom. The number of aromatic nitrogens is 6. The van der Waals surface area contributed by atoms with Gasteiger partial charge >= 0.3 is 0 Å². The van der Waals surface area contributed by atoms with Gasteiger partial charge in [-0.15, -0.1) is 0 Å². The lowest BCUT2D eigenvalue weighted by Crippen LogP contribution is -2.39. The predicted molar refractivity (Wildman–Crippen MR) is 102 cm³/mol. The second-order valence-electron chi connectivity index (χ2n) is 6.76. The summed E-state index contributed by atoms with van der Waals surface area (Å²) in [4.78, 5) is 21.7. The Balaban J connectivity index is 1.43. The highest BCUT2D eigenvalue weighted by Crippen LogP contribution is 2.26. The Hall–Kier alpha value is -2.97. The van der Waals surface area contributed by atoms with E-state index in [4.69, 9.17) is 0 Å². The molecule has 0 radical (unpaired) electrons. The van der Waals surface area contributed by atoms with E-state index in [-0.39, 0.29) is 0 Å². The third-order valence-corrected chi connectivity index (χ3v) is 4.77. The second-order valence-corrected chi connectivity index (χ2v) is 6.76. The van der Waals surface area contributed by atoms with Crippen LogP contribution in [0.3, 0.4) is 0 Å². The van der Waals surface area contributed by atoms with E-state index in [0.717, 1.165) is 54.4 Å². The van der Waals surface area contributed by atoms with Crippen molar-refractivity contribution in [1.29, 1.82) is 0 Å². The number of nitrogens with one attached hydrogen (secondary N) is 1. The molecule has 0 atom stereocenters. The van der Waals surface area contributed by atoms with Crippen LogP contribution < -0.4 is 15.1 Å². The molecule has 0 saturated carbocycles. The van der Waals surface area contributed by atoms with Gasteiger partial charge in [0.05, 0.1) is 11.6 Å². The number of hydrogen-bond acceptors (Lipinski definition) is 8. The fraction of sp³-hybridized carbons (Fsp3) is 0.471. The highest BCUT2D eigenvalue weighted by atomic mass is 15.3. The Kier molecular flexibility index (Phi) is 4.27. The molecule has 1 aliphatic heterocycles. The van der Waals surface area contributed by atoms with E-state index in [1.165, 1.54) is 0 Å². The quantitative estimate of drug-likeness (QED) is 0.751. The number of hydrogen-bond donors (Lipinski definition) is 1. The predicted octanol–water partition coefficient (Wildman–Crippen LogP) is 1.30. The first kappa shape index (κ1) is 16.5. The van der Waals surface area contributed by atoms with E-state index in [1.807, 2.05) is 38.3 Å². The molecule has 9 heteroatoms. The fourth-order valence-corrected chi connectivity index (χ4v) is 3.32. The maximum absolute atomic E-state index is 4.50. The van der Waals surface area contributed by atoms with Crippen molar-refractivity contribution in [3.63, 3.8) is 0 Å². The molecule has 0 amide bonds. The third-order valence-electron chi connectivity index (χ3n) is 4.77. The molecule has 1 fully saturated rings. The summed E-state index contributed by atoms with van der Waals surface area (Å²) in [5.41, 5.74) is 0.868. The summed E-state index contributed by atoms with van der Waals surface area (Å²) in [5.74, 6) is 2.75. The number of fused-ring (bicyclic) bond motifs is 1. The molecule has 4 heterocycles. The van der Waals surface area contributed by atoms with Crippen molar-refractivity contribution in [3.05, 3.63) is 24.9 Å². The minimum absolute atomic E-state index is 0.391. The smallest absolute Gasteiger partial charge is 0.163 e. The van der Waals surface area contributed by atoms with E-state index in [2.05, 4.69) is 35.3 Å². The lowest BCUT2D eigenvalue weighted by atomic mass is 10.0. The molecule has 3 aromatic heterocycles. The molecule has 4 rings (SSSR count). The van der Waals surface area contributed by atoms with E-state index in [1.54, 1.807) is 17.3 Å². The highest BCUT2D eigenvalue weighted by molar-refractivity contribution is 5.86. The zero-order valence-corrected chi connectivity index (χ0v) is 15.3. The van der Waals surface area contributed by atoms with E-state index in [9.17, 15) is 0 Å². The lowest BCUT2D eigenvalue weighted by molar-refractivity contribution is 0.523.